The second-order valence-corrected chi connectivity index (χ2v) is 5.24. The third-order valence-corrected chi connectivity index (χ3v) is 3.71. The Morgan fingerprint density at radius 3 is 2.68 bits per heavy atom. The van der Waals surface area contributed by atoms with Crippen LogP contribution < -0.4 is 10.2 Å². The van der Waals surface area contributed by atoms with Crippen molar-refractivity contribution >= 4 is 11.6 Å². The monoisotopic (exact) mass is 260 g/mol. The molecule has 0 unspecified atom stereocenters. The molecular formula is C16H24N2O. The molecule has 2 rings (SSSR count). The number of nitrogens with one attached hydrogen (secondary N) is 1. The first kappa shape index (κ1) is 14.1. The summed E-state index contributed by atoms with van der Waals surface area (Å²) < 4.78 is 0. The van der Waals surface area contributed by atoms with Crippen LogP contribution in [0.3, 0.4) is 0 Å². The fraction of sp³-hybridized carbons (Fsp3) is 0.562. The normalized spacial score (nSPS) is 18.1. The maximum absolute atomic E-state index is 11.9. The fourth-order valence-corrected chi connectivity index (χ4v) is 2.64. The summed E-state index contributed by atoms with van der Waals surface area (Å²) in [7, 11) is 0. The maximum atomic E-state index is 11.9. The summed E-state index contributed by atoms with van der Waals surface area (Å²) in [6, 6.07) is 8.24. The Balaban J connectivity index is 2.21. The number of hydrogen-bond acceptors (Lipinski definition) is 2. The molecule has 0 saturated heterocycles. The highest BCUT2D eigenvalue weighted by atomic mass is 16.2. The lowest BCUT2D eigenvalue weighted by molar-refractivity contribution is -0.116. The van der Waals surface area contributed by atoms with Crippen molar-refractivity contribution in [2.24, 2.45) is 0 Å². The first-order chi connectivity index (χ1) is 9.29. The van der Waals surface area contributed by atoms with E-state index in [0.717, 1.165) is 31.7 Å². The highest BCUT2D eigenvalue weighted by Crippen LogP contribution is 2.22. The largest absolute Gasteiger partial charge is 0.313 e. The van der Waals surface area contributed by atoms with Crippen molar-refractivity contribution in [1.29, 1.82) is 0 Å². The number of rotatable bonds is 0. The van der Waals surface area contributed by atoms with E-state index in [-0.39, 0.29) is 5.91 Å². The predicted octanol–water partition coefficient (Wildman–Crippen LogP) is 3.09. The smallest absolute Gasteiger partial charge is 0.223 e. The molecule has 1 heterocycles. The van der Waals surface area contributed by atoms with Gasteiger partial charge in [-0.25, -0.2) is 0 Å². The summed E-state index contributed by atoms with van der Waals surface area (Å²) in [6.07, 6.45) is 6.12. The number of anilines is 1. The molecule has 104 valence electrons. The minimum atomic E-state index is 0.143. The van der Waals surface area contributed by atoms with Crippen LogP contribution in [-0.2, 0) is 11.3 Å². The van der Waals surface area contributed by atoms with E-state index < -0.39 is 0 Å². The number of para-hydroxylation sites is 1. The number of carbonyl (C=O) groups excluding carboxylic acids is 1. The topological polar surface area (TPSA) is 32.3 Å². The lowest BCUT2D eigenvalue weighted by Crippen LogP contribution is -2.31. The number of benzene rings is 1. The number of amides is 1. The quantitative estimate of drug-likeness (QED) is 0.777. The SMILES string of the molecule is CC(=O)N1CCCCCCCNCc2ccccc21. The Hall–Kier alpha value is -1.35. The van der Waals surface area contributed by atoms with Crippen molar-refractivity contribution in [2.75, 3.05) is 18.0 Å². The van der Waals surface area contributed by atoms with Crippen LogP contribution in [0.5, 0.6) is 0 Å². The van der Waals surface area contributed by atoms with Gasteiger partial charge >= 0.3 is 0 Å². The molecular weight excluding hydrogens is 236 g/mol. The molecule has 0 aromatic heterocycles. The van der Waals surface area contributed by atoms with E-state index in [4.69, 9.17) is 0 Å². The Kier molecular flexibility index (Phi) is 5.40. The van der Waals surface area contributed by atoms with Crippen LogP contribution in [0, 0.1) is 0 Å². The van der Waals surface area contributed by atoms with Gasteiger partial charge in [0.2, 0.25) is 5.91 Å². The summed E-state index contributed by atoms with van der Waals surface area (Å²) in [6.45, 7) is 4.41. The van der Waals surface area contributed by atoms with Crippen LogP contribution >= 0.6 is 0 Å². The van der Waals surface area contributed by atoms with Gasteiger partial charge in [0.15, 0.2) is 0 Å². The van der Waals surface area contributed by atoms with Crippen LogP contribution in [0.15, 0.2) is 24.3 Å². The van der Waals surface area contributed by atoms with Gasteiger partial charge in [-0.3, -0.25) is 4.79 Å². The van der Waals surface area contributed by atoms with Crippen LogP contribution in [0.1, 0.15) is 44.6 Å². The minimum absolute atomic E-state index is 0.143. The summed E-state index contributed by atoms with van der Waals surface area (Å²) in [5, 5.41) is 3.48. The molecule has 19 heavy (non-hydrogen) atoms. The van der Waals surface area contributed by atoms with E-state index in [0.29, 0.717) is 0 Å². The zero-order valence-corrected chi connectivity index (χ0v) is 11.8. The Morgan fingerprint density at radius 1 is 1.11 bits per heavy atom. The van der Waals surface area contributed by atoms with Crippen LogP contribution in [0.2, 0.25) is 0 Å². The Labute approximate surface area is 116 Å². The number of nitrogens with zero attached hydrogens (tertiary/aromatic N) is 1. The van der Waals surface area contributed by atoms with Gasteiger partial charge in [-0.2, -0.15) is 0 Å². The van der Waals surface area contributed by atoms with Gasteiger partial charge < -0.3 is 10.2 Å². The lowest BCUT2D eigenvalue weighted by Gasteiger charge is -2.24. The van der Waals surface area contributed by atoms with E-state index in [9.17, 15) is 4.79 Å². The van der Waals surface area contributed by atoms with Crippen molar-refractivity contribution in [2.45, 2.75) is 45.6 Å². The minimum Gasteiger partial charge on any atom is -0.313 e. The molecule has 1 aliphatic rings. The van der Waals surface area contributed by atoms with Crippen molar-refractivity contribution in [3.8, 4) is 0 Å². The molecule has 3 nitrogen and oxygen atoms in total. The second kappa shape index (κ2) is 7.29. The van der Waals surface area contributed by atoms with Gasteiger partial charge in [0.25, 0.3) is 0 Å². The van der Waals surface area contributed by atoms with Gasteiger partial charge in [0, 0.05) is 25.7 Å². The molecule has 0 fully saturated rings. The van der Waals surface area contributed by atoms with E-state index in [1.165, 1.54) is 31.2 Å². The van der Waals surface area contributed by atoms with E-state index >= 15 is 0 Å². The summed E-state index contributed by atoms with van der Waals surface area (Å²) in [4.78, 5) is 13.8. The predicted molar refractivity (Wildman–Crippen MR) is 79.3 cm³/mol. The molecule has 3 heteroatoms. The van der Waals surface area contributed by atoms with Gasteiger partial charge in [-0.15, -0.1) is 0 Å². The van der Waals surface area contributed by atoms with E-state index in [1.54, 1.807) is 6.92 Å². The van der Waals surface area contributed by atoms with Crippen molar-refractivity contribution < 1.29 is 4.79 Å². The average Bonchev–Trinajstić information content (AvgIpc) is 2.39. The molecule has 0 aliphatic carbocycles. The number of carbonyl (C=O) groups is 1. The third kappa shape index (κ3) is 4.06. The molecule has 0 bridgehead atoms. The number of fused-ring (bicyclic) bond motifs is 1. The summed E-state index contributed by atoms with van der Waals surface area (Å²) >= 11 is 0. The van der Waals surface area contributed by atoms with Gasteiger partial charge in [0.05, 0.1) is 0 Å². The zero-order valence-electron chi connectivity index (χ0n) is 11.8. The molecule has 1 N–H and O–H groups in total. The van der Waals surface area contributed by atoms with Crippen molar-refractivity contribution in [1.82, 2.24) is 5.32 Å². The maximum Gasteiger partial charge on any atom is 0.223 e. The third-order valence-electron chi connectivity index (χ3n) is 3.71. The molecule has 0 radical (unpaired) electrons. The highest BCUT2D eigenvalue weighted by molar-refractivity contribution is 5.92. The molecule has 1 aromatic rings. The zero-order chi connectivity index (χ0) is 13.5. The van der Waals surface area contributed by atoms with Crippen LogP contribution in [0.25, 0.3) is 0 Å². The molecule has 0 spiro atoms. The lowest BCUT2D eigenvalue weighted by atomic mass is 10.1. The highest BCUT2D eigenvalue weighted by Gasteiger charge is 2.14. The molecule has 0 atom stereocenters. The fourth-order valence-electron chi connectivity index (χ4n) is 2.64. The van der Waals surface area contributed by atoms with Gasteiger partial charge in [-0.05, 0) is 31.0 Å². The van der Waals surface area contributed by atoms with Crippen molar-refractivity contribution in [3.63, 3.8) is 0 Å². The summed E-state index contributed by atoms with van der Waals surface area (Å²) in [5.41, 5.74) is 2.29. The van der Waals surface area contributed by atoms with Crippen molar-refractivity contribution in [3.05, 3.63) is 29.8 Å². The molecule has 0 saturated carbocycles. The average molecular weight is 260 g/mol. The summed E-state index contributed by atoms with van der Waals surface area (Å²) in [5.74, 6) is 0.143. The standard InChI is InChI=1S/C16H24N2O/c1-14(19)18-12-8-4-2-3-7-11-17-13-15-9-5-6-10-16(15)18/h5-6,9-10,17H,2-4,7-8,11-13H2,1H3. The van der Waals surface area contributed by atoms with Gasteiger partial charge in [0.1, 0.15) is 0 Å². The Morgan fingerprint density at radius 2 is 1.84 bits per heavy atom. The second-order valence-electron chi connectivity index (χ2n) is 5.24. The number of hydrogen-bond donors (Lipinski definition) is 1. The first-order valence-electron chi connectivity index (χ1n) is 7.36. The van der Waals surface area contributed by atoms with E-state index in [2.05, 4.69) is 17.4 Å². The molecule has 1 aromatic carbocycles. The first-order valence-corrected chi connectivity index (χ1v) is 7.36. The van der Waals surface area contributed by atoms with Gasteiger partial charge in [-0.1, -0.05) is 37.5 Å². The molecule has 1 amide bonds. The van der Waals surface area contributed by atoms with Crippen LogP contribution in [0.4, 0.5) is 5.69 Å². The van der Waals surface area contributed by atoms with Crippen LogP contribution in [-0.4, -0.2) is 19.0 Å². The Bertz CT molecular complexity index is 417. The van der Waals surface area contributed by atoms with E-state index in [1.807, 2.05) is 17.0 Å². The molecule has 1 aliphatic heterocycles.